The summed E-state index contributed by atoms with van der Waals surface area (Å²) in [6.45, 7) is 7.82. The average Bonchev–Trinajstić information content (AvgIpc) is 2.57. The quantitative estimate of drug-likeness (QED) is 0.397. The normalized spacial score (nSPS) is 18.5. The Morgan fingerprint density at radius 1 is 1.33 bits per heavy atom. The number of aliphatic imine (C=N–C) groups is 1. The van der Waals surface area contributed by atoms with Gasteiger partial charge in [0.25, 0.3) is 0 Å². The summed E-state index contributed by atoms with van der Waals surface area (Å²) in [4.78, 5) is 6.81. The van der Waals surface area contributed by atoms with E-state index in [1.165, 1.54) is 12.1 Å². The van der Waals surface area contributed by atoms with E-state index in [1.807, 2.05) is 12.1 Å². The van der Waals surface area contributed by atoms with Crippen molar-refractivity contribution in [3.63, 3.8) is 0 Å². The van der Waals surface area contributed by atoms with Crippen LogP contribution in [0.1, 0.15) is 31.9 Å². The minimum absolute atomic E-state index is 0. The number of nitrogens with one attached hydrogen (secondary N) is 1. The minimum Gasteiger partial charge on any atom is -0.379 e. The Kier molecular flexibility index (Phi) is 9.53. The Bertz CT molecular complexity index is 506. The molecular formula is C17H28FIN4O. The summed E-state index contributed by atoms with van der Waals surface area (Å²) in [7, 11) is 0. The first-order valence-corrected chi connectivity index (χ1v) is 8.24. The highest BCUT2D eigenvalue weighted by Gasteiger charge is 2.22. The number of morpholine rings is 1. The molecule has 1 aliphatic rings. The van der Waals surface area contributed by atoms with Gasteiger partial charge in [-0.05, 0) is 31.0 Å². The summed E-state index contributed by atoms with van der Waals surface area (Å²) >= 11 is 0. The maximum Gasteiger partial charge on any atom is 0.188 e. The lowest BCUT2D eigenvalue weighted by Gasteiger charge is -2.34. The third-order valence-corrected chi connectivity index (χ3v) is 4.18. The van der Waals surface area contributed by atoms with Crippen molar-refractivity contribution in [2.24, 2.45) is 10.7 Å². The topological polar surface area (TPSA) is 62.9 Å². The van der Waals surface area contributed by atoms with E-state index in [2.05, 4.69) is 29.1 Å². The van der Waals surface area contributed by atoms with Crippen molar-refractivity contribution in [2.75, 3.05) is 32.8 Å². The van der Waals surface area contributed by atoms with Crippen LogP contribution in [0.2, 0.25) is 0 Å². The Morgan fingerprint density at radius 2 is 1.96 bits per heavy atom. The van der Waals surface area contributed by atoms with Gasteiger partial charge in [0.2, 0.25) is 0 Å². The molecule has 0 aromatic heterocycles. The molecule has 2 atom stereocenters. The zero-order valence-corrected chi connectivity index (χ0v) is 16.7. The van der Waals surface area contributed by atoms with E-state index < -0.39 is 0 Å². The van der Waals surface area contributed by atoms with Gasteiger partial charge in [0.15, 0.2) is 5.96 Å². The maximum atomic E-state index is 13.2. The van der Waals surface area contributed by atoms with Crippen LogP contribution in [0.25, 0.3) is 0 Å². The van der Waals surface area contributed by atoms with Crippen LogP contribution in [0.4, 0.5) is 4.39 Å². The van der Waals surface area contributed by atoms with Gasteiger partial charge in [-0.25, -0.2) is 4.39 Å². The van der Waals surface area contributed by atoms with Crippen molar-refractivity contribution >= 4 is 29.9 Å². The Morgan fingerprint density at radius 3 is 2.54 bits per heavy atom. The first-order valence-electron chi connectivity index (χ1n) is 8.24. The van der Waals surface area contributed by atoms with Gasteiger partial charge in [0.05, 0.1) is 25.8 Å². The number of benzene rings is 1. The number of nitrogens with zero attached hydrogens (tertiary/aromatic N) is 2. The first kappa shape index (κ1) is 21.1. The Hall–Kier alpha value is -0.930. The molecule has 2 rings (SSSR count). The van der Waals surface area contributed by atoms with Gasteiger partial charge in [-0.1, -0.05) is 19.1 Å². The molecular weight excluding hydrogens is 422 g/mol. The fourth-order valence-corrected chi connectivity index (χ4v) is 2.59. The second-order valence-corrected chi connectivity index (χ2v) is 5.90. The molecule has 0 aliphatic carbocycles. The van der Waals surface area contributed by atoms with Crippen LogP contribution in [0, 0.1) is 5.82 Å². The van der Waals surface area contributed by atoms with E-state index in [0.717, 1.165) is 25.1 Å². The number of hydrogen-bond acceptors (Lipinski definition) is 3. The smallest absolute Gasteiger partial charge is 0.188 e. The largest absolute Gasteiger partial charge is 0.379 e. The first-order chi connectivity index (χ1) is 11.1. The molecule has 1 aromatic rings. The number of nitrogens with two attached hydrogens (primary N) is 1. The van der Waals surface area contributed by atoms with Crippen LogP contribution in [0.15, 0.2) is 29.3 Å². The van der Waals surface area contributed by atoms with Crippen LogP contribution in [-0.4, -0.2) is 49.7 Å². The number of rotatable bonds is 6. The van der Waals surface area contributed by atoms with Crippen LogP contribution in [0.5, 0.6) is 0 Å². The maximum absolute atomic E-state index is 13.2. The molecule has 0 saturated carbocycles. The second-order valence-electron chi connectivity index (χ2n) is 5.90. The van der Waals surface area contributed by atoms with Crippen LogP contribution < -0.4 is 11.1 Å². The third-order valence-electron chi connectivity index (χ3n) is 4.18. The van der Waals surface area contributed by atoms with E-state index in [9.17, 15) is 4.39 Å². The predicted molar refractivity (Wildman–Crippen MR) is 106 cm³/mol. The molecule has 5 nitrogen and oxygen atoms in total. The number of halogens is 2. The highest BCUT2D eigenvalue weighted by molar-refractivity contribution is 14.0. The molecule has 0 bridgehead atoms. The molecule has 1 heterocycles. The van der Waals surface area contributed by atoms with Crippen LogP contribution in [0.3, 0.4) is 0 Å². The zero-order valence-electron chi connectivity index (χ0n) is 14.4. The average molecular weight is 450 g/mol. The van der Waals surface area contributed by atoms with Crippen molar-refractivity contribution in [2.45, 2.75) is 32.4 Å². The van der Waals surface area contributed by atoms with Gasteiger partial charge < -0.3 is 15.8 Å². The van der Waals surface area contributed by atoms with Gasteiger partial charge in [-0.15, -0.1) is 24.0 Å². The van der Waals surface area contributed by atoms with E-state index in [1.54, 1.807) is 0 Å². The van der Waals surface area contributed by atoms with Crippen molar-refractivity contribution < 1.29 is 9.13 Å². The fourth-order valence-electron chi connectivity index (χ4n) is 2.59. The lowest BCUT2D eigenvalue weighted by atomic mass is 10.0. The van der Waals surface area contributed by atoms with Crippen LogP contribution >= 0.6 is 24.0 Å². The van der Waals surface area contributed by atoms with Crippen molar-refractivity contribution in [1.29, 1.82) is 0 Å². The van der Waals surface area contributed by atoms with E-state index in [0.29, 0.717) is 31.8 Å². The Balaban J connectivity index is 0.00000288. The number of hydrogen-bond donors (Lipinski definition) is 2. The summed E-state index contributed by atoms with van der Waals surface area (Å²) < 4.78 is 18.6. The minimum atomic E-state index is -0.226. The monoisotopic (exact) mass is 450 g/mol. The SMILES string of the molecule is CCC(C)NC(N)=NCC(c1ccc(F)cc1)N1CCOCC1.I. The second kappa shape index (κ2) is 10.8. The molecule has 1 saturated heterocycles. The summed E-state index contributed by atoms with van der Waals surface area (Å²) in [5.41, 5.74) is 7.02. The predicted octanol–water partition coefficient (Wildman–Crippen LogP) is 2.52. The molecule has 3 N–H and O–H groups in total. The molecule has 1 fully saturated rings. The molecule has 24 heavy (non-hydrogen) atoms. The molecule has 2 unspecified atom stereocenters. The van der Waals surface area contributed by atoms with Gasteiger partial charge in [-0.2, -0.15) is 0 Å². The highest BCUT2D eigenvalue weighted by Crippen LogP contribution is 2.22. The molecule has 1 aliphatic heterocycles. The molecule has 1 aromatic carbocycles. The van der Waals surface area contributed by atoms with E-state index >= 15 is 0 Å². The molecule has 0 amide bonds. The number of guanidine groups is 1. The lowest BCUT2D eigenvalue weighted by Crippen LogP contribution is -2.42. The molecule has 0 radical (unpaired) electrons. The van der Waals surface area contributed by atoms with Crippen LogP contribution in [-0.2, 0) is 4.74 Å². The molecule has 136 valence electrons. The highest BCUT2D eigenvalue weighted by atomic mass is 127. The summed E-state index contributed by atoms with van der Waals surface area (Å²) in [5, 5.41) is 3.17. The number of ether oxygens (including phenoxy) is 1. The molecule has 7 heteroatoms. The fraction of sp³-hybridized carbons (Fsp3) is 0.588. The van der Waals surface area contributed by atoms with E-state index in [-0.39, 0.29) is 35.8 Å². The van der Waals surface area contributed by atoms with Gasteiger partial charge in [0.1, 0.15) is 5.82 Å². The van der Waals surface area contributed by atoms with Gasteiger partial charge in [-0.3, -0.25) is 9.89 Å². The van der Waals surface area contributed by atoms with Crippen molar-refractivity contribution in [3.05, 3.63) is 35.6 Å². The Labute approximate surface area is 160 Å². The zero-order chi connectivity index (χ0) is 16.7. The summed E-state index contributed by atoms with van der Waals surface area (Å²) in [5.74, 6) is 0.232. The van der Waals surface area contributed by atoms with Crippen molar-refractivity contribution in [3.8, 4) is 0 Å². The summed E-state index contributed by atoms with van der Waals surface area (Å²) in [6, 6.07) is 7.01. The lowest BCUT2D eigenvalue weighted by molar-refractivity contribution is 0.0179. The van der Waals surface area contributed by atoms with Crippen molar-refractivity contribution in [1.82, 2.24) is 10.2 Å². The standard InChI is InChI=1S/C17H27FN4O.HI/c1-3-13(2)21-17(19)20-12-16(22-8-10-23-11-9-22)14-4-6-15(18)7-5-14;/h4-7,13,16H,3,8-12H2,1-2H3,(H3,19,20,21);1H. The van der Waals surface area contributed by atoms with Gasteiger partial charge >= 0.3 is 0 Å². The van der Waals surface area contributed by atoms with Gasteiger partial charge in [0, 0.05) is 19.1 Å². The summed E-state index contributed by atoms with van der Waals surface area (Å²) in [6.07, 6.45) is 0.987. The van der Waals surface area contributed by atoms with E-state index in [4.69, 9.17) is 10.5 Å². The third kappa shape index (κ3) is 6.52. The molecule has 0 spiro atoms.